The normalized spacial score (nSPS) is 17.8. The number of hydrogen-bond acceptors (Lipinski definition) is 6. The molecule has 33 heavy (non-hydrogen) atoms. The smallest absolute Gasteiger partial charge is 0.260 e. The van der Waals surface area contributed by atoms with Gasteiger partial charge in [0, 0.05) is 39.3 Å². The molecule has 2 aromatic carbocycles. The number of sulfonamides is 1. The molecule has 11 heteroatoms. The number of hydrogen-bond donors (Lipinski definition) is 0. The number of rotatable bonds is 6. The van der Waals surface area contributed by atoms with Crippen molar-refractivity contribution in [1.82, 2.24) is 9.21 Å². The first kappa shape index (κ1) is 23.7. The summed E-state index contributed by atoms with van der Waals surface area (Å²) in [5, 5.41) is 0.113. The summed E-state index contributed by atoms with van der Waals surface area (Å²) in [6, 6.07) is 10.8. The maximum atomic E-state index is 14.0. The Kier molecular flexibility index (Phi) is 7.38. The number of anilines is 1. The van der Waals surface area contributed by atoms with Crippen LogP contribution in [0.15, 0.2) is 47.4 Å². The lowest BCUT2D eigenvalue weighted by Crippen LogP contribution is -2.50. The number of halogens is 2. The highest BCUT2D eigenvalue weighted by atomic mass is 35.5. The third-order valence-electron chi connectivity index (χ3n) is 5.69. The van der Waals surface area contributed by atoms with Gasteiger partial charge in [-0.1, -0.05) is 23.7 Å². The lowest BCUT2D eigenvalue weighted by Gasteiger charge is -2.36. The van der Waals surface area contributed by atoms with Gasteiger partial charge in [-0.2, -0.15) is 4.31 Å². The second kappa shape index (κ2) is 10.3. The van der Waals surface area contributed by atoms with Crippen LogP contribution >= 0.6 is 11.6 Å². The number of para-hydroxylation sites is 1. The van der Waals surface area contributed by atoms with E-state index < -0.39 is 10.0 Å². The van der Waals surface area contributed by atoms with Gasteiger partial charge in [0.05, 0.1) is 28.8 Å². The molecule has 0 aliphatic carbocycles. The van der Waals surface area contributed by atoms with Gasteiger partial charge in [-0.15, -0.1) is 0 Å². The summed E-state index contributed by atoms with van der Waals surface area (Å²) in [4.78, 5) is 16.2. The van der Waals surface area contributed by atoms with Crippen molar-refractivity contribution in [2.45, 2.75) is 4.90 Å². The average Bonchev–Trinajstić information content (AvgIpc) is 2.84. The van der Waals surface area contributed by atoms with E-state index in [2.05, 4.69) is 0 Å². The van der Waals surface area contributed by atoms with Crippen LogP contribution in [0.4, 0.5) is 10.1 Å². The summed E-state index contributed by atoms with van der Waals surface area (Å²) in [6.07, 6.45) is 0. The van der Waals surface area contributed by atoms with Crippen LogP contribution in [-0.2, 0) is 19.6 Å². The van der Waals surface area contributed by atoms with Gasteiger partial charge in [0.15, 0.2) is 6.61 Å². The molecular formula is C22H25ClFN3O5S. The number of nitrogens with zero attached hydrogens (tertiary/aromatic N) is 3. The lowest BCUT2D eigenvalue weighted by molar-refractivity contribution is -0.133. The molecule has 2 aromatic rings. The SMILES string of the molecule is O=C(COc1ccc(S(=O)(=O)N2CCOCC2)cc1Cl)N1CCN(c2ccccc2F)CC1. The third-order valence-corrected chi connectivity index (χ3v) is 7.88. The summed E-state index contributed by atoms with van der Waals surface area (Å²) < 4.78 is 51.6. The van der Waals surface area contributed by atoms with Gasteiger partial charge in [0.25, 0.3) is 5.91 Å². The highest BCUT2D eigenvalue weighted by molar-refractivity contribution is 7.89. The molecule has 2 saturated heterocycles. The van der Waals surface area contributed by atoms with Crippen LogP contribution in [0.1, 0.15) is 0 Å². The first-order valence-electron chi connectivity index (χ1n) is 10.6. The fraction of sp³-hybridized carbons (Fsp3) is 0.409. The molecule has 0 bridgehead atoms. The summed E-state index contributed by atoms with van der Waals surface area (Å²) in [5.41, 5.74) is 0.528. The summed E-state index contributed by atoms with van der Waals surface area (Å²) in [6.45, 7) is 2.98. The van der Waals surface area contributed by atoms with Crippen LogP contribution in [0, 0.1) is 5.82 Å². The molecule has 2 fully saturated rings. The zero-order chi connectivity index (χ0) is 23.4. The monoisotopic (exact) mass is 497 g/mol. The van der Waals surface area contributed by atoms with E-state index >= 15 is 0 Å². The molecular weight excluding hydrogens is 473 g/mol. The van der Waals surface area contributed by atoms with E-state index in [9.17, 15) is 17.6 Å². The lowest BCUT2D eigenvalue weighted by atomic mass is 10.2. The fourth-order valence-electron chi connectivity index (χ4n) is 3.83. The number of amides is 1. The minimum Gasteiger partial charge on any atom is -0.482 e. The minimum atomic E-state index is -3.67. The minimum absolute atomic E-state index is 0.0670. The molecule has 2 aliphatic rings. The molecule has 0 saturated carbocycles. The number of benzene rings is 2. The molecule has 4 rings (SSSR count). The second-order valence-electron chi connectivity index (χ2n) is 7.72. The van der Waals surface area contributed by atoms with E-state index in [4.69, 9.17) is 21.1 Å². The predicted octanol–water partition coefficient (Wildman–Crippen LogP) is 2.23. The molecule has 8 nitrogen and oxygen atoms in total. The number of piperazine rings is 1. The van der Waals surface area contributed by atoms with Gasteiger partial charge >= 0.3 is 0 Å². The van der Waals surface area contributed by atoms with Gasteiger partial charge in [0.1, 0.15) is 11.6 Å². The van der Waals surface area contributed by atoms with Crippen molar-refractivity contribution in [2.24, 2.45) is 0 Å². The van der Waals surface area contributed by atoms with Crippen molar-refractivity contribution in [3.63, 3.8) is 0 Å². The quantitative estimate of drug-likeness (QED) is 0.609. The standard InChI is InChI=1S/C22H25ClFN3O5S/c23-18-15-17(33(29,30)27-11-13-31-14-12-27)5-6-21(18)32-16-22(28)26-9-7-25(8-10-26)20-4-2-1-3-19(20)24/h1-6,15H,7-14,16H2. The van der Waals surface area contributed by atoms with Crippen LogP contribution in [0.3, 0.4) is 0 Å². The Labute approximate surface area is 197 Å². The van der Waals surface area contributed by atoms with Gasteiger partial charge in [-0.25, -0.2) is 12.8 Å². The zero-order valence-electron chi connectivity index (χ0n) is 18.0. The Morgan fingerprint density at radius 3 is 2.39 bits per heavy atom. The molecule has 178 valence electrons. The Morgan fingerprint density at radius 2 is 1.73 bits per heavy atom. The van der Waals surface area contributed by atoms with E-state index in [0.29, 0.717) is 45.1 Å². The summed E-state index contributed by atoms with van der Waals surface area (Å²) in [7, 11) is -3.67. The van der Waals surface area contributed by atoms with Gasteiger partial charge < -0.3 is 19.3 Å². The van der Waals surface area contributed by atoms with Crippen molar-refractivity contribution in [3.8, 4) is 5.75 Å². The number of morpholine rings is 1. The van der Waals surface area contributed by atoms with E-state index in [1.807, 2.05) is 4.90 Å². The largest absolute Gasteiger partial charge is 0.482 e. The first-order chi connectivity index (χ1) is 15.9. The molecule has 2 heterocycles. The Balaban J connectivity index is 1.32. The van der Waals surface area contributed by atoms with Gasteiger partial charge in [-0.3, -0.25) is 4.79 Å². The molecule has 2 aliphatic heterocycles. The third kappa shape index (κ3) is 5.40. The Morgan fingerprint density at radius 1 is 1.03 bits per heavy atom. The molecule has 0 aromatic heterocycles. The second-order valence-corrected chi connectivity index (χ2v) is 10.1. The maximum Gasteiger partial charge on any atom is 0.260 e. The van der Waals surface area contributed by atoms with E-state index in [1.165, 1.54) is 28.6 Å². The molecule has 0 spiro atoms. The van der Waals surface area contributed by atoms with E-state index in [1.54, 1.807) is 23.1 Å². The van der Waals surface area contributed by atoms with Crippen LogP contribution in [0.2, 0.25) is 5.02 Å². The summed E-state index contributed by atoms with van der Waals surface area (Å²) in [5.74, 6) is -0.269. The molecule has 1 amide bonds. The number of carbonyl (C=O) groups is 1. The summed E-state index contributed by atoms with van der Waals surface area (Å²) >= 11 is 6.25. The topological polar surface area (TPSA) is 79.4 Å². The van der Waals surface area contributed by atoms with Crippen LogP contribution in [-0.4, -0.2) is 82.6 Å². The van der Waals surface area contributed by atoms with Crippen molar-refractivity contribution in [2.75, 3.05) is 64.0 Å². The van der Waals surface area contributed by atoms with Crippen LogP contribution < -0.4 is 9.64 Å². The predicted molar refractivity (Wildman–Crippen MR) is 122 cm³/mol. The Hall–Kier alpha value is -2.40. The molecule has 0 atom stereocenters. The highest BCUT2D eigenvalue weighted by Gasteiger charge is 2.27. The average molecular weight is 498 g/mol. The van der Waals surface area contributed by atoms with E-state index in [0.717, 1.165) is 0 Å². The number of carbonyl (C=O) groups excluding carboxylic acids is 1. The van der Waals surface area contributed by atoms with Crippen molar-refractivity contribution in [3.05, 3.63) is 53.3 Å². The van der Waals surface area contributed by atoms with Crippen molar-refractivity contribution >= 4 is 33.2 Å². The molecule has 0 radical (unpaired) electrons. The maximum absolute atomic E-state index is 14.0. The fourth-order valence-corrected chi connectivity index (χ4v) is 5.57. The highest BCUT2D eigenvalue weighted by Crippen LogP contribution is 2.29. The van der Waals surface area contributed by atoms with Crippen molar-refractivity contribution in [1.29, 1.82) is 0 Å². The first-order valence-corrected chi connectivity index (χ1v) is 12.5. The van der Waals surface area contributed by atoms with Crippen molar-refractivity contribution < 1.29 is 27.1 Å². The van der Waals surface area contributed by atoms with Gasteiger partial charge in [0.2, 0.25) is 10.0 Å². The molecule has 0 N–H and O–H groups in total. The zero-order valence-corrected chi connectivity index (χ0v) is 19.5. The number of ether oxygens (including phenoxy) is 2. The van der Waals surface area contributed by atoms with Crippen LogP contribution in [0.25, 0.3) is 0 Å². The molecule has 0 unspecified atom stereocenters. The Bertz CT molecular complexity index is 1100. The van der Waals surface area contributed by atoms with Gasteiger partial charge in [-0.05, 0) is 30.3 Å². The van der Waals surface area contributed by atoms with Crippen LogP contribution in [0.5, 0.6) is 5.75 Å². The van der Waals surface area contributed by atoms with E-state index in [-0.39, 0.29) is 47.1 Å².